The highest BCUT2D eigenvalue weighted by Gasteiger charge is 2.66. The second kappa shape index (κ2) is 13.2. The smallest absolute Gasteiger partial charge is 0.264 e. The van der Waals surface area contributed by atoms with E-state index in [0.717, 1.165) is 34.6 Å². The third-order valence-electron chi connectivity index (χ3n) is 10.5. The summed E-state index contributed by atoms with van der Waals surface area (Å²) in [5.74, 6) is -0.839. The number of fused-ring (bicyclic) bond motifs is 2. The molecule has 3 aliphatic rings. The molecule has 5 atom stereocenters. The van der Waals surface area contributed by atoms with Crippen molar-refractivity contribution in [1.29, 1.82) is 0 Å². The fourth-order valence-corrected chi connectivity index (χ4v) is 10.7. The van der Waals surface area contributed by atoms with Crippen molar-refractivity contribution in [2.75, 3.05) is 36.0 Å². The van der Waals surface area contributed by atoms with Gasteiger partial charge in [0.1, 0.15) is 0 Å². The van der Waals surface area contributed by atoms with Gasteiger partial charge in [0.05, 0.1) is 43.1 Å². The minimum absolute atomic E-state index is 0.0335. The quantitative estimate of drug-likeness (QED) is 0.184. The van der Waals surface area contributed by atoms with Crippen LogP contribution in [0.4, 0.5) is 15.5 Å². The van der Waals surface area contributed by atoms with Crippen LogP contribution >= 0.6 is 0 Å². The first-order chi connectivity index (χ1) is 23.6. The average molecular weight is 683 g/mol. The highest BCUT2D eigenvalue weighted by molar-refractivity contribution is 6.72. The number of nitrogens with one attached hydrogen (secondary N) is 1. The normalized spacial score (nSPS) is 24.6. The molecule has 1 unspecified atom stereocenters. The standard InChI is InChI=1S/C37H43FN6O4Si/c1-25-35(49(2,3)38)33(17-19-42-23-31(40-41-42)29(24-45)27-9-5-4-6-10-27)48-37(25)30-11-7-8-12-32(30)44(36(37)47)22-26-13-15-28(16-14-26)43-20-18-39-21-34(43)46/h4-16,23,25,29,33,35,39,45H,17-22,24H2,1-3H3/t25-,29?,33+,35-,37+/m1/s1. The Bertz CT molecular complexity index is 1820. The summed E-state index contributed by atoms with van der Waals surface area (Å²) in [6.45, 7) is 7.70. The number of amides is 2. The van der Waals surface area contributed by atoms with Crippen molar-refractivity contribution in [3.63, 3.8) is 0 Å². The number of piperazine rings is 1. The molecule has 3 aliphatic heterocycles. The number of para-hydroxylation sites is 1. The summed E-state index contributed by atoms with van der Waals surface area (Å²) in [5, 5.41) is 21.9. The average Bonchev–Trinajstić information content (AvgIpc) is 3.76. The van der Waals surface area contributed by atoms with Gasteiger partial charge in [0.15, 0.2) is 5.60 Å². The third kappa shape index (κ3) is 6.00. The Balaban J connectivity index is 1.13. The Morgan fingerprint density at radius 2 is 1.80 bits per heavy atom. The van der Waals surface area contributed by atoms with Crippen LogP contribution in [0.3, 0.4) is 0 Å². The summed E-state index contributed by atoms with van der Waals surface area (Å²) in [6.07, 6.45) is 1.78. The van der Waals surface area contributed by atoms with E-state index in [0.29, 0.717) is 38.3 Å². The lowest BCUT2D eigenvalue weighted by Crippen LogP contribution is -2.48. The first-order valence-electron chi connectivity index (χ1n) is 17.1. The lowest BCUT2D eigenvalue weighted by Gasteiger charge is -2.31. The number of aromatic nitrogens is 3. The summed E-state index contributed by atoms with van der Waals surface area (Å²) in [5.41, 5.74) is 3.17. The molecule has 2 saturated heterocycles. The second-order valence-corrected chi connectivity index (χ2v) is 17.7. The van der Waals surface area contributed by atoms with Crippen molar-refractivity contribution in [1.82, 2.24) is 20.3 Å². The fraction of sp³-hybridized carbons (Fsp3) is 0.405. The number of carbonyl (C=O) groups excluding carboxylic acids is 2. The van der Waals surface area contributed by atoms with Crippen LogP contribution in [0.1, 0.15) is 41.6 Å². The molecule has 1 spiro atoms. The van der Waals surface area contributed by atoms with E-state index >= 15 is 4.11 Å². The van der Waals surface area contributed by atoms with Gasteiger partial charge in [-0.1, -0.05) is 72.8 Å². The van der Waals surface area contributed by atoms with E-state index < -0.39 is 31.6 Å². The predicted octanol–water partition coefficient (Wildman–Crippen LogP) is 4.75. The molecule has 49 heavy (non-hydrogen) atoms. The van der Waals surface area contributed by atoms with Crippen LogP contribution in [0.25, 0.3) is 0 Å². The SMILES string of the molecule is C[C@@H]1[C@@H]([Si](C)(C)F)[C@H](CCn2cc(C(CO)c3ccccc3)nn2)O[C@@]12C(=O)N(Cc1ccc(N3CCNCC3=O)cc1)c1ccccc12. The largest absolute Gasteiger partial charge is 0.395 e. The Morgan fingerprint density at radius 1 is 1.06 bits per heavy atom. The maximum Gasteiger partial charge on any atom is 0.264 e. The Kier molecular flexibility index (Phi) is 8.99. The van der Waals surface area contributed by atoms with Crippen molar-refractivity contribution in [3.8, 4) is 0 Å². The maximum absolute atomic E-state index is 16.3. The highest BCUT2D eigenvalue weighted by Crippen LogP contribution is 2.60. The molecule has 0 saturated carbocycles. The van der Waals surface area contributed by atoms with Crippen molar-refractivity contribution in [2.45, 2.75) is 62.7 Å². The number of carbonyl (C=O) groups is 2. The van der Waals surface area contributed by atoms with Crippen LogP contribution < -0.4 is 15.1 Å². The molecule has 2 N–H and O–H groups in total. The van der Waals surface area contributed by atoms with E-state index in [2.05, 4.69) is 15.6 Å². The number of rotatable bonds is 10. The van der Waals surface area contributed by atoms with Crippen molar-refractivity contribution < 1.29 is 23.5 Å². The van der Waals surface area contributed by atoms with Crippen LogP contribution in [0.5, 0.6) is 0 Å². The summed E-state index contributed by atoms with van der Waals surface area (Å²) in [4.78, 5) is 30.6. The van der Waals surface area contributed by atoms with Crippen LogP contribution in [0.15, 0.2) is 85.1 Å². The van der Waals surface area contributed by atoms with Crippen LogP contribution in [-0.2, 0) is 33.0 Å². The number of halogens is 1. The molecule has 2 amide bonds. The van der Waals surface area contributed by atoms with Gasteiger partial charge in [0, 0.05) is 48.5 Å². The van der Waals surface area contributed by atoms with Gasteiger partial charge in [0.2, 0.25) is 14.3 Å². The van der Waals surface area contributed by atoms with Gasteiger partial charge in [-0.15, -0.1) is 5.10 Å². The van der Waals surface area contributed by atoms with Gasteiger partial charge in [-0.05, 0) is 48.8 Å². The third-order valence-corrected chi connectivity index (χ3v) is 12.9. The zero-order valence-electron chi connectivity index (χ0n) is 28.1. The highest BCUT2D eigenvalue weighted by atomic mass is 28.4. The summed E-state index contributed by atoms with van der Waals surface area (Å²) in [7, 11) is -3.33. The number of ether oxygens (including phenoxy) is 1. The lowest BCUT2D eigenvalue weighted by molar-refractivity contribution is -0.146. The molecule has 256 valence electrons. The molecule has 0 radical (unpaired) electrons. The summed E-state index contributed by atoms with van der Waals surface area (Å²) >= 11 is 0. The first-order valence-corrected chi connectivity index (χ1v) is 20.0. The zero-order valence-corrected chi connectivity index (χ0v) is 29.1. The molecule has 12 heteroatoms. The van der Waals surface area contributed by atoms with E-state index in [1.165, 1.54) is 0 Å². The molecular formula is C37H43FN6O4Si. The van der Waals surface area contributed by atoms with Crippen LogP contribution in [-0.4, -0.2) is 72.7 Å². The number of anilines is 2. The molecule has 0 aliphatic carbocycles. The van der Waals surface area contributed by atoms with E-state index in [1.54, 1.807) is 27.6 Å². The fourth-order valence-electron chi connectivity index (χ4n) is 8.17. The minimum Gasteiger partial charge on any atom is -0.395 e. The number of aliphatic hydroxyl groups excluding tert-OH is 1. The molecule has 2 fully saturated rings. The number of benzene rings is 3. The second-order valence-electron chi connectivity index (χ2n) is 13.9. The topological polar surface area (TPSA) is 113 Å². The molecule has 7 rings (SSSR count). The van der Waals surface area contributed by atoms with Crippen LogP contribution in [0, 0.1) is 5.92 Å². The van der Waals surface area contributed by atoms with Gasteiger partial charge in [0.25, 0.3) is 5.91 Å². The predicted molar refractivity (Wildman–Crippen MR) is 187 cm³/mol. The lowest BCUT2D eigenvalue weighted by atomic mass is 9.82. The Labute approximate surface area is 287 Å². The zero-order chi connectivity index (χ0) is 34.3. The Hall–Kier alpha value is -4.23. The maximum atomic E-state index is 16.3. The molecule has 10 nitrogen and oxygen atoms in total. The Morgan fingerprint density at radius 3 is 2.51 bits per heavy atom. The van der Waals surface area contributed by atoms with E-state index in [4.69, 9.17) is 4.74 Å². The molecule has 0 bridgehead atoms. The van der Waals surface area contributed by atoms with Gasteiger partial charge < -0.3 is 29.1 Å². The number of aryl methyl sites for hydroxylation is 1. The van der Waals surface area contributed by atoms with E-state index in [9.17, 15) is 14.7 Å². The number of hydrogen-bond donors (Lipinski definition) is 2. The van der Waals surface area contributed by atoms with Crippen molar-refractivity contribution >= 4 is 31.6 Å². The summed E-state index contributed by atoms with van der Waals surface area (Å²) in [6, 6.07) is 25.2. The van der Waals surface area contributed by atoms with Gasteiger partial charge in [-0.3, -0.25) is 14.3 Å². The van der Waals surface area contributed by atoms with Gasteiger partial charge in [-0.25, -0.2) is 0 Å². The van der Waals surface area contributed by atoms with E-state index in [1.807, 2.05) is 92.0 Å². The molecular weight excluding hydrogens is 640 g/mol. The van der Waals surface area contributed by atoms with Gasteiger partial charge in [-0.2, -0.15) is 0 Å². The van der Waals surface area contributed by atoms with Crippen molar-refractivity contribution in [3.05, 3.63) is 107 Å². The van der Waals surface area contributed by atoms with Crippen LogP contribution in [0.2, 0.25) is 18.6 Å². The summed E-state index contributed by atoms with van der Waals surface area (Å²) < 4.78 is 24.9. The monoisotopic (exact) mass is 682 g/mol. The van der Waals surface area contributed by atoms with E-state index in [-0.39, 0.29) is 24.3 Å². The van der Waals surface area contributed by atoms with Gasteiger partial charge >= 0.3 is 0 Å². The number of aliphatic hydroxyl groups is 1. The molecule has 3 aromatic carbocycles. The van der Waals surface area contributed by atoms with Crippen molar-refractivity contribution in [2.24, 2.45) is 5.92 Å². The molecule has 4 aromatic rings. The molecule has 4 heterocycles. The first kappa shape index (κ1) is 33.3. The number of hydrogen-bond acceptors (Lipinski definition) is 7. The molecule has 1 aromatic heterocycles. The minimum atomic E-state index is -3.33. The number of nitrogens with zero attached hydrogens (tertiary/aromatic N) is 5.